The lowest BCUT2D eigenvalue weighted by Crippen LogP contribution is -2.33. The summed E-state index contributed by atoms with van der Waals surface area (Å²) < 4.78 is 61.5. The van der Waals surface area contributed by atoms with Crippen molar-refractivity contribution in [1.82, 2.24) is 4.72 Å². The Morgan fingerprint density at radius 2 is 1.81 bits per heavy atom. The molecule has 1 atom stereocenters. The van der Waals surface area contributed by atoms with Crippen molar-refractivity contribution in [2.75, 3.05) is 5.75 Å². The molecule has 21 heavy (non-hydrogen) atoms. The van der Waals surface area contributed by atoms with Crippen LogP contribution in [0.2, 0.25) is 0 Å². The van der Waals surface area contributed by atoms with Gasteiger partial charge in [0.15, 0.2) is 0 Å². The molecule has 0 fully saturated rings. The van der Waals surface area contributed by atoms with Crippen LogP contribution in [0.1, 0.15) is 24.4 Å². The normalized spacial score (nSPS) is 13.9. The van der Waals surface area contributed by atoms with Crippen LogP contribution in [-0.2, 0) is 14.8 Å². The summed E-state index contributed by atoms with van der Waals surface area (Å²) in [6.07, 6.45) is -6.64. The molecule has 118 valence electrons. The van der Waals surface area contributed by atoms with Gasteiger partial charge in [0, 0.05) is 0 Å². The molecule has 0 aliphatic carbocycles. The third-order valence-electron chi connectivity index (χ3n) is 2.56. The molecule has 1 aromatic carbocycles. The van der Waals surface area contributed by atoms with Crippen LogP contribution in [0.4, 0.5) is 13.2 Å². The van der Waals surface area contributed by atoms with Gasteiger partial charge in [-0.2, -0.15) is 13.2 Å². The van der Waals surface area contributed by atoms with Crippen molar-refractivity contribution in [3.05, 3.63) is 35.9 Å². The van der Waals surface area contributed by atoms with Crippen molar-refractivity contribution in [1.29, 1.82) is 0 Å². The van der Waals surface area contributed by atoms with Crippen molar-refractivity contribution in [2.24, 2.45) is 0 Å². The number of hydrogen-bond acceptors (Lipinski definition) is 3. The number of nitrogens with one attached hydrogen (secondary N) is 1. The third kappa shape index (κ3) is 7.09. The standard InChI is InChI=1S/C12H14F3NO4S/c13-12(14,15)6-7-21(19,20)16-10(8-11(17)18)9-4-2-1-3-5-9/h1-5,10,16H,6-8H2,(H,17,18). The van der Waals surface area contributed by atoms with E-state index in [1.165, 1.54) is 12.1 Å². The number of carboxylic acid groups (broad SMARTS) is 1. The first-order valence-electron chi connectivity index (χ1n) is 5.92. The van der Waals surface area contributed by atoms with E-state index in [4.69, 9.17) is 5.11 Å². The van der Waals surface area contributed by atoms with E-state index >= 15 is 0 Å². The van der Waals surface area contributed by atoms with Crippen molar-refractivity contribution in [3.8, 4) is 0 Å². The van der Waals surface area contributed by atoms with Gasteiger partial charge in [-0.05, 0) is 5.56 Å². The first-order chi connectivity index (χ1) is 9.59. The second kappa shape index (κ2) is 6.90. The highest BCUT2D eigenvalue weighted by Crippen LogP contribution is 2.22. The fraction of sp³-hybridized carbons (Fsp3) is 0.417. The quantitative estimate of drug-likeness (QED) is 0.804. The molecule has 0 aliphatic heterocycles. The minimum Gasteiger partial charge on any atom is -0.481 e. The van der Waals surface area contributed by atoms with E-state index in [0.29, 0.717) is 5.56 Å². The van der Waals surface area contributed by atoms with E-state index in [0.717, 1.165) is 0 Å². The third-order valence-corrected chi connectivity index (χ3v) is 3.94. The highest BCUT2D eigenvalue weighted by molar-refractivity contribution is 7.89. The Morgan fingerprint density at radius 1 is 1.24 bits per heavy atom. The maximum atomic E-state index is 12.1. The lowest BCUT2D eigenvalue weighted by Gasteiger charge is -2.18. The highest BCUT2D eigenvalue weighted by atomic mass is 32.2. The second-order valence-corrected chi connectivity index (χ2v) is 6.24. The summed E-state index contributed by atoms with van der Waals surface area (Å²) >= 11 is 0. The molecular formula is C12H14F3NO4S. The monoisotopic (exact) mass is 325 g/mol. The van der Waals surface area contributed by atoms with Gasteiger partial charge in [0.2, 0.25) is 10.0 Å². The molecule has 1 aromatic rings. The van der Waals surface area contributed by atoms with Gasteiger partial charge in [-0.25, -0.2) is 13.1 Å². The lowest BCUT2D eigenvalue weighted by molar-refractivity contribution is -0.137. The van der Waals surface area contributed by atoms with Crippen molar-refractivity contribution < 1.29 is 31.5 Å². The zero-order chi connectivity index (χ0) is 16.1. The molecular weight excluding hydrogens is 311 g/mol. The van der Waals surface area contributed by atoms with Crippen LogP contribution in [0.25, 0.3) is 0 Å². The van der Waals surface area contributed by atoms with Gasteiger partial charge < -0.3 is 5.11 Å². The maximum absolute atomic E-state index is 12.1. The summed E-state index contributed by atoms with van der Waals surface area (Å²) in [5.74, 6) is -2.40. The summed E-state index contributed by atoms with van der Waals surface area (Å²) in [6.45, 7) is 0. The average Bonchev–Trinajstić information content (AvgIpc) is 2.35. The number of carboxylic acids is 1. The van der Waals surface area contributed by atoms with E-state index in [2.05, 4.69) is 0 Å². The fourth-order valence-electron chi connectivity index (χ4n) is 1.61. The Hall–Kier alpha value is -1.61. The van der Waals surface area contributed by atoms with Gasteiger partial charge in [-0.1, -0.05) is 30.3 Å². The average molecular weight is 325 g/mol. The van der Waals surface area contributed by atoms with Crippen molar-refractivity contribution in [2.45, 2.75) is 25.1 Å². The smallest absolute Gasteiger partial charge is 0.390 e. The van der Waals surface area contributed by atoms with Gasteiger partial charge in [0.25, 0.3) is 0 Å². The molecule has 0 saturated carbocycles. The molecule has 0 saturated heterocycles. The maximum Gasteiger partial charge on any atom is 0.390 e. The first-order valence-corrected chi connectivity index (χ1v) is 7.58. The molecule has 0 radical (unpaired) electrons. The number of hydrogen-bond donors (Lipinski definition) is 2. The van der Waals surface area contributed by atoms with E-state index in [1.807, 2.05) is 4.72 Å². The molecule has 2 N–H and O–H groups in total. The minimum absolute atomic E-state index is 0.371. The van der Waals surface area contributed by atoms with Crippen LogP contribution in [0, 0.1) is 0 Å². The summed E-state index contributed by atoms with van der Waals surface area (Å²) in [5, 5.41) is 8.79. The van der Waals surface area contributed by atoms with E-state index in [-0.39, 0.29) is 0 Å². The topological polar surface area (TPSA) is 83.5 Å². The first kappa shape index (κ1) is 17.4. The second-order valence-electron chi connectivity index (χ2n) is 4.36. The Balaban J connectivity index is 2.84. The molecule has 0 bridgehead atoms. The number of carbonyl (C=O) groups is 1. The number of benzene rings is 1. The van der Waals surface area contributed by atoms with Crippen molar-refractivity contribution in [3.63, 3.8) is 0 Å². The predicted molar refractivity (Wildman–Crippen MR) is 69.0 cm³/mol. The number of sulfonamides is 1. The summed E-state index contributed by atoms with van der Waals surface area (Å²) in [6, 6.07) is 6.70. The number of halogens is 3. The molecule has 5 nitrogen and oxygen atoms in total. The van der Waals surface area contributed by atoms with Crippen LogP contribution in [-0.4, -0.2) is 31.4 Å². The Bertz CT molecular complexity index is 572. The van der Waals surface area contributed by atoms with Crippen LogP contribution in [0.5, 0.6) is 0 Å². The molecule has 0 aromatic heterocycles. The number of rotatable bonds is 7. The molecule has 9 heteroatoms. The Morgan fingerprint density at radius 3 is 2.29 bits per heavy atom. The number of alkyl halides is 3. The zero-order valence-corrected chi connectivity index (χ0v) is 11.6. The van der Waals surface area contributed by atoms with Gasteiger partial charge in [-0.15, -0.1) is 0 Å². The lowest BCUT2D eigenvalue weighted by atomic mass is 10.1. The van der Waals surface area contributed by atoms with Crippen LogP contribution >= 0.6 is 0 Å². The predicted octanol–water partition coefficient (Wildman–Crippen LogP) is 2.07. The molecule has 0 aliphatic rings. The fourth-order valence-corrected chi connectivity index (χ4v) is 2.88. The van der Waals surface area contributed by atoms with Gasteiger partial charge in [-0.3, -0.25) is 4.79 Å². The van der Waals surface area contributed by atoms with Gasteiger partial charge >= 0.3 is 12.1 Å². The minimum atomic E-state index is -4.59. The van der Waals surface area contributed by atoms with E-state index < -0.39 is 46.8 Å². The van der Waals surface area contributed by atoms with E-state index in [1.54, 1.807) is 18.2 Å². The molecule has 0 spiro atoms. The SMILES string of the molecule is O=C(O)CC(NS(=O)(=O)CCC(F)(F)F)c1ccccc1. The molecule has 1 unspecified atom stereocenters. The molecule has 1 rings (SSSR count). The van der Waals surface area contributed by atoms with Crippen LogP contribution < -0.4 is 4.72 Å². The summed E-state index contributed by atoms with van der Waals surface area (Å²) in [5.41, 5.74) is 0.371. The Kier molecular flexibility index (Phi) is 5.73. The zero-order valence-electron chi connectivity index (χ0n) is 10.8. The van der Waals surface area contributed by atoms with Crippen LogP contribution in [0.15, 0.2) is 30.3 Å². The highest BCUT2D eigenvalue weighted by Gasteiger charge is 2.31. The summed E-state index contributed by atoms with van der Waals surface area (Å²) in [4.78, 5) is 10.8. The number of aliphatic carboxylic acids is 1. The van der Waals surface area contributed by atoms with Crippen molar-refractivity contribution >= 4 is 16.0 Å². The van der Waals surface area contributed by atoms with Crippen LogP contribution in [0.3, 0.4) is 0 Å². The van der Waals surface area contributed by atoms with Gasteiger partial charge in [0.1, 0.15) is 0 Å². The van der Waals surface area contributed by atoms with Gasteiger partial charge in [0.05, 0.1) is 24.6 Å². The Labute approximate surface area is 119 Å². The molecule has 0 amide bonds. The molecule has 0 heterocycles. The summed E-state index contributed by atoms with van der Waals surface area (Å²) in [7, 11) is -4.24. The van der Waals surface area contributed by atoms with E-state index in [9.17, 15) is 26.4 Å². The largest absolute Gasteiger partial charge is 0.481 e.